The van der Waals surface area contributed by atoms with Crippen LogP contribution in [0.25, 0.3) is 5.69 Å². The Morgan fingerprint density at radius 3 is 2.59 bits per heavy atom. The van der Waals surface area contributed by atoms with E-state index in [1.54, 1.807) is 24.5 Å². The second-order valence-electron chi connectivity index (χ2n) is 8.02. The molecule has 0 radical (unpaired) electrons. The van der Waals surface area contributed by atoms with E-state index >= 15 is 0 Å². The fourth-order valence-electron chi connectivity index (χ4n) is 3.97. The summed E-state index contributed by atoms with van der Waals surface area (Å²) in [6.07, 6.45) is 5.18. The third-order valence-electron chi connectivity index (χ3n) is 5.74. The summed E-state index contributed by atoms with van der Waals surface area (Å²) in [4.78, 5) is 14.9. The summed E-state index contributed by atoms with van der Waals surface area (Å²) in [5, 5.41) is 12.4. The molecule has 0 spiro atoms. The Bertz CT molecular complexity index is 1020. The standard InChI is InChI=1S/C23H28FN5O2S/c1-16(20-7-6-14-31-20)25-21(30)15-32-23-27-26-22(17(2)28-12-4-3-5-13-28)29(23)19-10-8-18(24)9-11-19/h6-11,14,16-17H,3-5,12-13,15H2,1-2H3,(H,25,30)/t16-,17-/m0/s1. The number of furan rings is 1. The number of thioether (sulfide) groups is 1. The molecule has 0 aliphatic carbocycles. The van der Waals surface area contributed by atoms with Gasteiger partial charge in [0.25, 0.3) is 0 Å². The number of benzene rings is 1. The zero-order valence-electron chi connectivity index (χ0n) is 18.3. The first kappa shape index (κ1) is 22.5. The maximum Gasteiger partial charge on any atom is 0.231 e. The largest absolute Gasteiger partial charge is 0.467 e. The number of rotatable bonds is 8. The number of carbonyl (C=O) groups excluding carboxylic acids is 1. The average molecular weight is 458 g/mol. The molecule has 4 rings (SSSR count). The molecule has 170 valence electrons. The predicted molar refractivity (Wildman–Crippen MR) is 121 cm³/mol. The van der Waals surface area contributed by atoms with Crippen LogP contribution in [0.1, 0.15) is 56.8 Å². The van der Waals surface area contributed by atoms with Crippen molar-refractivity contribution in [3.63, 3.8) is 0 Å². The van der Waals surface area contributed by atoms with Gasteiger partial charge in [-0.3, -0.25) is 14.3 Å². The molecular formula is C23H28FN5O2S. The van der Waals surface area contributed by atoms with E-state index in [0.717, 1.165) is 24.6 Å². The molecule has 1 fully saturated rings. The summed E-state index contributed by atoms with van der Waals surface area (Å²) in [5.74, 6) is 1.26. The highest BCUT2D eigenvalue weighted by Crippen LogP contribution is 2.29. The van der Waals surface area contributed by atoms with Crippen molar-refractivity contribution in [1.82, 2.24) is 25.0 Å². The number of carbonyl (C=O) groups is 1. The fourth-order valence-corrected chi connectivity index (χ4v) is 4.74. The van der Waals surface area contributed by atoms with Gasteiger partial charge in [-0.05, 0) is 76.2 Å². The molecule has 32 heavy (non-hydrogen) atoms. The summed E-state index contributed by atoms with van der Waals surface area (Å²) < 4.78 is 20.8. The van der Waals surface area contributed by atoms with Crippen LogP contribution in [0.3, 0.4) is 0 Å². The van der Waals surface area contributed by atoms with E-state index in [2.05, 4.69) is 27.3 Å². The molecule has 1 amide bonds. The topological polar surface area (TPSA) is 76.2 Å². The molecule has 0 saturated carbocycles. The number of likely N-dealkylation sites (tertiary alicyclic amines) is 1. The Morgan fingerprint density at radius 1 is 1.16 bits per heavy atom. The maximum atomic E-state index is 13.6. The smallest absolute Gasteiger partial charge is 0.231 e. The monoisotopic (exact) mass is 457 g/mol. The van der Waals surface area contributed by atoms with E-state index in [4.69, 9.17) is 4.42 Å². The third kappa shape index (κ3) is 5.21. The lowest BCUT2D eigenvalue weighted by atomic mass is 10.1. The molecular weight excluding hydrogens is 429 g/mol. The summed E-state index contributed by atoms with van der Waals surface area (Å²) in [6, 6.07) is 9.76. The van der Waals surface area contributed by atoms with E-state index in [0.29, 0.717) is 10.9 Å². The molecule has 0 unspecified atom stereocenters. The van der Waals surface area contributed by atoms with Crippen LogP contribution < -0.4 is 5.32 Å². The van der Waals surface area contributed by atoms with Gasteiger partial charge in [0.1, 0.15) is 11.6 Å². The highest BCUT2D eigenvalue weighted by atomic mass is 32.2. The molecule has 9 heteroatoms. The quantitative estimate of drug-likeness (QED) is 0.502. The minimum Gasteiger partial charge on any atom is -0.467 e. The SMILES string of the molecule is C[C@H](NC(=O)CSc1nnc([C@H](C)N2CCCCC2)n1-c1ccc(F)cc1)c1ccco1. The second-order valence-corrected chi connectivity index (χ2v) is 8.96. The van der Waals surface area contributed by atoms with Crippen molar-refractivity contribution >= 4 is 17.7 Å². The molecule has 2 atom stereocenters. The van der Waals surface area contributed by atoms with Gasteiger partial charge in [-0.1, -0.05) is 18.2 Å². The second kappa shape index (κ2) is 10.3. The lowest BCUT2D eigenvalue weighted by Crippen LogP contribution is -2.33. The van der Waals surface area contributed by atoms with E-state index < -0.39 is 0 Å². The van der Waals surface area contributed by atoms with Gasteiger partial charge in [-0.25, -0.2) is 4.39 Å². The van der Waals surface area contributed by atoms with Crippen LogP contribution in [0.4, 0.5) is 4.39 Å². The van der Waals surface area contributed by atoms with E-state index in [-0.39, 0.29) is 29.6 Å². The van der Waals surface area contributed by atoms with Crippen LogP contribution >= 0.6 is 11.8 Å². The molecule has 7 nitrogen and oxygen atoms in total. The van der Waals surface area contributed by atoms with Gasteiger partial charge in [-0.15, -0.1) is 10.2 Å². The summed E-state index contributed by atoms with van der Waals surface area (Å²) in [5.41, 5.74) is 0.780. The predicted octanol–water partition coefficient (Wildman–Crippen LogP) is 4.52. The Morgan fingerprint density at radius 2 is 1.91 bits per heavy atom. The van der Waals surface area contributed by atoms with Gasteiger partial charge in [0.05, 0.1) is 24.1 Å². The van der Waals surface area contributed by atoms with Gasteiger partial charge < -0.3 is 9.73 Å². The first-order valence-electron chi connectivity index (χ1n) is 10.9. The third-order valence-corrected chi connectivity index (χ3v) is 6.66. The van der Waals surface area contributed by atoms with Crippen molar-refractivity contribution in [3.05, 3.63) is 60.1 Å². The van der Waals surface area contributed by atoms with E-state index in [1.165, 1.54) is 43.2 Å². The average Bonchev–Trinajstić information content (AvgIpc) is 3.49. The first-order chi connectivity index (χ1) is 15.5. The van der Waals surface area contributed by atoms with Crippen LogP contribution in [-0.4, -0.2) is 44.4 Å². The number of aromatic nitrogens is 3. The summed E-state index contributed by atoms with van der Waals surface area (Å²) >= 11 is 1.31. The number of hydrogen-bond donors (Lipinski definition) is 1. The van der Waals surface area contributed by atoms with Crippen LogP contribution in [-0.2, 0) is 4.79 Å². The number of hydrogen-bond acceptors (Lipinski definition) is 6. The molecule has 3 aromatic rings. The molecule has 1 N–H and O–H groups in total. The Balaban J connectivity index is 1.52. The lowest BCUT2D eigenvalue weighted by Gasteiger charge is -2.31. The Hall–Kier alpha value is -2.65. The van der Waals surface area contributed by atoms with Crippen molar-refractivity contribution in [1.29, 1.82) is 0 Å². The van der Waals surface area contributed by atoms with Crippen molar-refractivity contribution in [2.75, 3.05) is 18.8 Å². The van der Waals surface area contributed by atoms with Crippen LogP contribution in [0.2, 0.25) is 0 Å². The zero-order chi connectivity index (χ0) is 22.5. The molecule has 3 heterocycles. The van der Waals surface area contributed by atoms with Gasteiger partial charge >= 0.3 is 0 Å². The van der Waals surface area contributed by atoms with Crippen LogP contribution in [0, 0.1) is 5.82 Å². The van der Waals surface area contributed by atoms with Gasteiger partial charge in [0.2, 0.25) is 5.91 Å². The maximum absolute atomic E-state index is 13.6. The van der Waals surface area contributed by atoms with Gasteiger partial charge in [0.15, 0.2) is 11.0 Å². The molecule has 1 saturated heterocycles. The number of piperidine rings is 1. The number of nitrogens with zero attached hydrogens (tertiary/aromatic N) is 4. The normalized spacial score (nSPS) is 16.6. The van der Waals surface area contributed by atoms with Crippen LogP contribution in [0.5, 0.6) is 0 Å². The minimum absolute atomic E-state index is 0.0648. The zero-order valence-corrected chi connectivity index (χ0v) is 19.1. The summed E-state index contributed by atoms with van der Waals surface area (Å²) in [6.45, 7) is 6.04. The Labute approximate surface area is 191 Å². The van der Waals surface area contributed by atoms with E-state index in [1.807, 2.05) is 17.6 Å². The number of halogens is 1. The van der Waals surface area contributed by atoms with Crippen molar-refractivity contribution in [2.24, 2.45) is 0 Å². The number of amides is 1. The number of nitrogens with one attached hydrogen (secondary N) is 1. The Kier molecular flexibility index (Phi) is 7.26. The molecule has 1 aromatic carbocycles. The summed E-state index contributed by atoms with van der Waals surface area (Å²) in [7, 11) is 0. The molecule has 1 aliphatic heterocycles. The molecule has 1 aliphatic rings. The van der Waals surface area contributed by atoms with Crippen molar-refractivity contribution < 1.29 is 13.6 Å². The van der Waals surface area contributed by atoms with Crippen molar-refractivity contribution in [2.45, 2.75) is 50.4 Å². The van der Waals surface area contributed by atoms with Gasteiger partial charge in [-0.2, -0.15) is 0 Å². The van der Waals surface area contributed by atoms with Gasteiger partial charge in [0, 0.05) is 5.69 Å². The molecule has 2 aromatic heterocycles. The lowest BCUT2D eigenvalue weighted by molar-refractivity contribution is -0.119. The van der Waals surface area contributed by atoms with Crippen molar-refractivity contribution in [3.8, 4) is 5.69 Å². The molecule has 0 bridgehead atoms. The first-order valence-corrected chi connectivity index (χ1v) is 11.9. The minimum atomic E-state index is -0.298. The van der Waals surface area contributed by atoms with E-state index in [9.17, 15) is 9.18 Å². The highest BCUT2D eigenvalue weighted by molar-refractivity contribution is 7.99. The van der Waals surface area contributed by atoms with Crippen LogP contribution in [0.15, 0.2) is 52.2 Å². The fraction of sp³-hybridized carbons (Fsp3) is 0.435. The highest BCUT2D eigenvalue weighted by Gasteiger charge is 2.26.